The number of aliphatic hydroxyl groups is 1. The fourth-order valence-electron chi connectivity index (χ4n) is 8.16. The normalized spacial score (nSPS) is 21.6. The first kappa shape index (κ1) is 44.2. The number of halogens is 2. The predicted octanol–water partition coefficient (Wildman–Crippen LogP) is 6.77. The van der Waals surface area contributed by atoms with Gasteiger partial charge in [-0.2, -0.15) is 0 Å². The van der Waals surface area contributed by atoms with E-state index < -0.39 is 46.9 Å². The Bertz CT molecular complexity index is 1640. The molecule has 12 nitrogen and oxygen atoms in total. The van der Waals surface area contributed by atoms with Gasteiger partial charge in [-0.25, -0.2) is 18.4 Å². The van der Waals surface area contributed by atoms with Crippen molar-refractivity contribution in [2.75, 3.05) is 45.8 Å². The van der Waals surface area contributed by atoms with Gasteiger partial charge in [-0.1, -0.05) is 36.4 Å². The summed E-state index contributed by atoms with van der Waals surface area (Å²) >= 11 is 0. The molecule has 3 atom stereocenters. The Hall–Kier alpha value is -3.88. The van der Waals surface area contributed by atoms with E-state index in [4.69, 9.17) is 14.5 Å². The van der Waals surface area contributed by atoms with Gasteiger partial charge in [-0.3, -0.25) is 19.6 Å². The zero-order valence-electron chi connectivity index (χ0n) is 34.7. The van der Waals surface area contributed by atoms with E-state index in [2.05, 4.69) is 26.5 Å². The van der Waals surface area contributed by atoms with E-state index in [0.29, 0.717) is 51.3 Å². The van der Waals surface area contributed by atoms with Crippen LogP contribution in [-0.4, -0.2) is 112 Å². The summed E-state index contributed by atoms with van der Waals surface area (Å²) in [6.07, 6.45) is 4.65. The summed E-state index contributed by atoms with van der Waals surface area (Å²) in [7, 11) is 0. The van der Waals surface area contributed by atoms with Crippen LogP contribution in [0.25, 0.3) is 0 Å². The number of aryl methyl sites for hydroxylation is 1. The first-order valence-corrected chi connectivity index (χ1v) is 20.7. The molecule has 1 aliphatic heterocycles. The molecule has 1 unspecified atom stereocenters. The van der Waals surface area contributed by atoms with Crippen molar-refractivity contribution in [2.24, 2.45) is 5.92 Å². The van der Waals surface area contributed by atoms with Gasteiger partial charge >= 0.3 is 12.2 Å². The van der Waals surface area contributed by atoms with E-state index in [1.165, 1.54) is 5.56 Å². The molecule has 0 radical (unpaired) electrons. The number of amides is 3. The Balaban J connectivity index is 1.38. The Kier molecular flexibility index (Phi) is 14.6. The number of carbonyl (C=O) groups is 3. The van der Waals surface area contributed by atoms with Crippen molar-refractivity contribution in [1.29, 1.82) is 0 Å². The third-order valence-electron chi connectivity index (χ3n) is 10.9. The van der Waals surface area contributed by atoms with Crippen LogP contribution in [0.15, 0.2) is 48.7 Å². The summed E-state index contributed by atoms with van der Waals surface area (Å²) < 4.78 is 39.3. The number of aromatic nitrogens is 1. The van der Waals surface area contributed by atoms with E-state index >= 15 is 0 Å². The summed E-state index contributed by atoms with van der Waals surface area (Å²) in [5, 5.41) is 18.1. The molecule has 0 bridgehead atoms. The van der Waals surface area contributed by atoms with E-state index in [9.17, 15) is 28.3 Å². The molecule has 2 aromatic rings. The van der Waals surface area contributed by atoms with E-state index in [-0.39, 0.29) is 44.3 Å². The summed E-state index contributed by atoms with van der Waals surface area (Å²) in [6.45, 7) is 13.8. The number of nitrogens with zero attached hydrogens (tertiary/aromatic N) is 4. The molecule has 1 saturated carbocycles. The molecule has 2 aliphatic carbocycles. The number of pyridine rings is 1. The first-order chi connectivity index (χ1) is 26.8. The van der Waals surface area contributed by atoms with Gasteiger partial charge in [0, 0.05) is 63.2 Å². The SMILES string of the molecule is CC(C)(C)OC(=O)NCCCCN(C[C@@H]1CN(CC(O)(NC(=O)C2CCC(F)(F)CC2)c2ccccc2)CCN1C(=O)OC(C)(C)C)[C@H]1CCCc2cccnc21. The highest BCUT2D eigenvalue weighted by Crippen LogP contribution is 2.37. The molecule has 1 aromatic heterocycles. The van der Waals surface area contributed by atoms with E-state index in [1.807, 2.05) is 59.9 Å². The monoisotopic (exact) mass is 798 g/mol. The van der Waals surface area contributed by atoms with E-state index in [0.717, 1.165) is 31.4 Å². The molecular formula is C43H64F2N6O6. The van der Waals surface area contributed by atoms with Crippen LogP contribution in [0.5, 0.6) is 0 Å². The van der Waals surface area contributed by atoms with Crippen LogP contribution in [0.3, 0.4) is 0 Å². The average Bonchev–Trinajstić information content (AvgIpc) is 3.13. The van der Waals surface area contributed by atoms with Crippen molar-refractivity contribution in [3.8, 4) is 0 Å². The van der Waals surface area contributed by atoms with Crippen LogP contribution in [0.4, 0.5) is 18.4 Å². The second-order valence-electron chi connectivity index (χ2n) is 18.0. The average molecular weight is 799 g/mol. The molecule has 14 heteroatoms. The van der Waals surface area contributed by atoms with Gasteiger partial charge in [-0.05, 0) is 105 Å². The van der Waals surface area contributed by atoms with Gasteiger partial charge in [-0.15, -0.1) is 0 Å². The number of unbranched alkanes of at least 4 members (excludes halogenated alkanes) is 1. The Morgan fingerprint density at radius 1 is 0.947 bits per heavy atom. The number of fused-ring (bicyclic) bond motifs is 1. The molecule has 1 aromatic carbocycles. The Labute approximate surface area is 337 Å². The van der Waals surface area contributed by atoms with Crippen LogP contribution in [-0.2, 0) is 26.4 Å². The predicted molar refractivity (Wildman–Crippen MR) is 214 cm³/mol. The molecule has 57 heavy (non-hydrogen) atoms. The first-order valence-electron chi connectivity index (χ1n) is 20.7. The number of β-amino-alcohol motifs (C(OH)–C–C–N with tert-alkyl or cyclic N) is 1. The number of piperazine rings is 1. The lowest BCUT2D eigenvalue weighted by Crippen LogP contribution is -2.63. The van der Waals surface area contributed by atoms with Crippen LogP contribution >= 0.6 is 0 Å². The highest BCUT2D eigenvalue weighted by molar-refractivity contribution is 5.79. The summed E-state index contributed by atoms with van der Waals surface area (Å²) in [4.78, 5) is 50.9. The molecule has 5 rings (SSSR count). The molecule has 1 saturated heterocycles. The highest BCUT2D eigenvalue weighted by atomic mass is 19.3. The van der Waals surface area contributed by atoms with Crippen molar-refractivity contribution < 1.29 is 37.7 Å². The highest BCUT2D eigenvalue weighted by Gasteiger charge is 2.43. The number of ether oxygens (including phenoxy) is 2. The fraction of sp³-hybridized carbons (Fsp3) is 0.674. The van der Waals surface area contributed by atoms with Crippen molar-refractivity contribution in [3.05, 3.63) is 65.5 Å². The summed E-state index contributed by atoms with van der Waals surface area (Å²) in [5.41, 5.74) is -0.388. The molecule has 2 fully saturated rings. The quantitative estimate of drug-likeness (QED) is 0.148. The minimum atomic E-state index is -2.78. The smallest absolute Gasteiger partial charge is 0.410 e. The lowest BCUT2D eigenvalue weighted by atomic mass is 9.85. The van der Waals surface area contributed by atoms with Crippen molar-refractivity contribution in [3.63, 3.8) is 0 Å². The lowest BCUT2D eigenvalue weighted by Gasteiger charge is -2.47. The largest absolute Gasteiger partial charge is 0.444 e. The topological polar surface area (TPSA) is 137 Å². The van der Waals surface area contributed by atoms with Crippen molar-refractivity contribution in [2.45, 2.75) is 134 Å². The molecule has 0 spiro atoms. The standard InChI is InChI=1S/C43H64F2N6O6/c1-40(2,3)56-38(53)47-23-10-11-25-50(35-18-12-14-31-15-13-24-46-36(31)35)29-34-28-49(26-27-51(34)39(54)57-41(4,5)6)30-43(55,33-16-8-7-9-17-33)48-37(52)32-19-21-42(44,45)22-20-32/h7-9,13,15-17,24,32,34-35,55H,10-12,14,18-23,25-30H2,1-6H3,(H,47,53)(H,48,52)/t34-,35-,43?/m0/s1. The maximum Gasteiger partial charge on any atom is 0.410 e. The number of alkyl halides is 2. The third kappa shape index (κ3) is 13.1. The number of hydrogen-bond donors (Lipinski definition) is 3. The number of benzene rings is 1. The number of alkyl carbamates (subject to hydrolysis) is 1. The molecular weight excluding hydrogens is 735 g/mol. The van der Waals surface area contributed by atoms with Crippen LogP contribution in [0.2, 0.25) is 0 Å². The van der Waals surface area contributed by atoms with E-state index in [1.54, 1.807) is 29.2 Å². The number of hydrogen-bond acceptors (Lipinski definition) is 9. The summed E-state index contributed by atoms with van der Waals surface area (Å²) in [5.74, 6) is -3.86. The fourth-order valence-corrected chi connectivity index (χ4v) is 8.16. The number of carbonyl (C=O) groups excluding carboxylic acids is 3. The maximum atomic E-state index is 14.0. The molecule has 3 aliphatic rings. The van der Waals surface area contributed by atoms with Crippen molar-refractivity contribution >= 4 is 18.1 Å². The second-order valence-corrected chi connectivity index (χ2v) is 18.0. The third-order valence-corrected chi connectivity index (χ3v) is 10.9. The lowest BCUT2D eigenvalue weighted by molar-refractivity contribution is -0.139. The molecule has 3 amide bonds. The van der Waals surface area contributed by atoms with Crippen LogP contribution in [0, 0.1) is 5.92 Å². The maximum absolute atomic E-state index is 14.0. The van der Waals surface area contributed by atoms with Crippen LogP contribution < -0.4 is 10.6 Å². The zero-order valence-corrected chi connectivity index (χ0v) is 34.7. The minimum absolute atomic E-state index is 0.00744. The number of nitrogens with one attached hydrogen (secondary N) is 2. The zero-order chi connectivity index (χ0) is 41.4. The van der Waals surface area contributed by atoms with Gasteiger partial charge in [0.2, 0.25) is 11.8 Å². The van der Waals surface area contributed by atoms with Gasteiger partial charge < -0.3 is 30.1 Å². The molecule has 3 N–H and O–H groups in total. The Morgan fingerprint density at radius 3 is 2.33 bits per heavy atom. The second kappa shape index (κ2) is 18.8. The van der Waals surface area contributed by atoms with Crippen molar-refractivity contribution in [1.82, 2.24) is 30.3 Å². The van der Waals surface area contributed by atoms with Gasteiger partial charge in [0.05, 0.1) is 24.3 Å². The Morgan fingerprint density at radius 2 is 1.65 bits per heavy atom. The molecule has 316 valence electrons. The molecule has 2 heterocycles. The van der Waals surface area contributed by atoms with Gasteiger partial charge in [0.25, 0.3) is 0 Å². The van der Waals surface area contributed by atoms with Gasteiger partial charge in [0.1, 0.15) is 11.2 Å². The van der Waals surface area contributed by atoms with Gasteiger partial charge in [0.15, 0.2) is 5.72 Å². The number of rotatable bonds is 13. The summed E-state index contributed by atoms with van der Waals surface area (Å²) in [6, 6.07) is 12.6. The van der Waals surface area contributed by atoms with Crippen LogP contribution in [0.1, 0.15) is 116 Å². The minimum Gasteiger partial charge on any atom is -0.444 e.